The first-order valence-electron chi connectivity index (χ1n) is 7.44. The lowest BCUT2D eigenvalue weighted by atomic mass is 9.78. The highest BCUT2D eigenvalue weighted by Gasteiger charge is 2.35. The van der Waals surface area contributed by atoms with Crippen LogP contribution in [0.3, 0.4) is 0 Å². The summed E-state index contributed by atoms with van der Waals surface area (Å²) in [7, 11) is 1.75. The van der Waals surface area contributed by atoms with Crippen molar-refractivity contribution in [1.82, 2.24) is 5.32 Å². The second kappa shape index (κ2) is 8.13. The minimum absolute atomic E-state index is 0.0652. The Labute approximate surface area is 113 Å². The molecule has 1 fully saturated rings. The predicted molar refractivity (Wildman–Crippen MR) is 75.9 cm³/mol. The fraction of sp³-hybridized carbons (Fsp3) is 1.00. The monoisotopic (exact) mass is 257 g/mol. The van der Waals surface area contributed by atoms with Gasteiger partial charge in [0.25, 0.3) is 0 Å². The fourth-order valence-electron chi connectivity index (χ4n) is 2.84. The summed E-state index contributed by atoms with van der Waals surface area (Å²) in [5.41, 5.74) is 0.0652. The summed E-state index contributed by atoms with van der Waals surface area (Å²) in [6.45, 7) is 9.35. The molecular formula is C15H31NO2. The minimum atomic E-state index is 0.0652. The van der Waals surface area contributed by atoms with Crippen molar-refractivity contribution >= 4 is 0 Å². The van der Waals surface area contributed by atoms with Crippen molar-refractivity contribution < 1.29 is 9.47 Å². The van der Waals surface area contributed by atoms with Crippen LogP contribution in [-0.2, 0) is 9.47 Å². The van der Waals surface area contributed by atoms with Crippen LogP contribution in [0.2, 0.25) is 0 Å². The van der Waals surface area contributed by atoms with Gasteiger partial charge in [0.2, 0.25) is 0 Å². The molecule has 0 spiro atoms. The Hall–Kier alpha value is -0.120. The molecule has 2 atom stereocenters. The Bertz CT molecular complexity index is 221. The SMILES string of the molecule is COCCCOC1(CNC(C)C)CCCC(C)C1. The van der Waals surface area contributed by atoms with E-state index in [1.54, 1.807) is 7.11 Å². The van der Waals surface area contributed by atoms with Crippen LogP contribution in [-0.4, -0.2) is 38.5 Å². The molecule has 0 radical (unpaired) electrons. The van der Waals surface area contributed by atoms with Crippen LogP contribution in [0.1, 0.15) is 52.9 Å². The second-order valence-electron chi connectivity index (χ2n) is 6.11. The molecule has 0 saturated heterocycles. The average Bonchev–Trinajstić information content (AvgIpc) is 2.33. The van der Waals surface area contributed by atoms with Crippen molar-refractivity contribution in [1.29, 1.82) is 0 Å². The molecule has 3 heteroatoms. The van der Waals surface area contributed by atoms with Crippen molar-refractivity contribution in [3.05, 3.63) is 0 Å². The van der Waals surface area contributed by atoms with Gasteiger partial charge in [-0.2, -0.15) is 0 Å². The lowest BCUT2D eigenvalue weighted by Gasteiger charge is -2.40. The number of hydrogen-bond donors (Lipinski definition) is 1. The Morgan fingerprint density at radius 2 is 2.11 bits per heavy atom. The molecule has 1 saturated carbocycles. The summed E-state index contributed by atoms with van der Waals surface area (Å²) >= 11 is 0. The van der Waals surface area contributed by atoms with Crippen molar-refractivity contribution in [2.24, 2.45) is 5.92 Å². The number of methoxy groups -OCH3 is 1. The molecule has 0 aromatic heterocycles. The van der Waals surface area contributed by atoms with E-state index in [4.69, 9.17) is 9.47 Å². The quantitative estimate of drug-likeness (QED) is 0.678. The third kappa shape index (κ3) is 5.68. The summed E-state index contributed by atoms with van der Waals surface area (Å²) < 4.78 is 11.3. The van der Waals surface area contributed by atoms with Gasteiger partial charge in [-0.1, -0.05) is 33.6 Å². The maximum Gasteiger partial charge on any atom is 0.0808 e. The molecule has 18 heavy (non-hydrogen) atoms. The van der Waals surface area contributed by atoms with Gasteiger partial charge >= 0.3 is 0 Å². The molecule has 1 aliphatic carbocycles. The van der Waals surface area contributed by atoms with Gasteiger partial charge < -0.3 is 14.8 Å². The first kappa shape index (κ1) is 15.9. The van der Waals surface area contributed by atoms with Gasteiger partial charge in [-0.25, -0.2) is 0 Å². The highest BCUT2D eigenvalue weighted by Crippen LogP contribution is 2.35. The van der Waals surface area contributed by atoms with Crippen molar-refractivity contribution in [3.8, 4) is 0 Å². The second-order valence-corrected chi connectivity index (χ2v) is 6.11. The van der Waals surface area contributed by atoms with Gasteiger partial charge in [0, 0.05) is 32.9 Å². The summed E-state index contributed by atoms with van der Waals surface area (Å²) in [4.78, 5) is 0. The van der Waals surface area contributed by atoms with Gasteiger partial charge in [0.15, 0.2) is 0 Å². The topological polar surface area (TPSA) is 30.5 Å². The van der Waals surface area contributed by atoms with Crippen LogP contribution < -0.4 is 5.32 Å². The maximum absolute atomic E-state index is 6.25. The van der Waals surface area contributed by atoms with Crippen molar-refractivity contribution in [2.45, 2.75) is 64.5 Å². The molecular weight excluding hydrogens is 226 g/mol. The van der Waals surface area contributed by atoms with E-state index in [0.717, 1.165) is 32.1 Å². The molecule has 2 unspecified atom stereocenters. The summed E-state index contributed by atoms with van der Waals surface area (Å²) in [6.07, 6.45) is 6.04. The van der Waals surface area contributed by atoms with Gasteiger partial charge in [-0.3, -0.25) is 0 Å². The van der Waals surface area contributed by atoms with E-state index in [0.29, 0.717) is 6.04 Å². The zero-order valence-corrected chi connectivity index (χ0v) is 12.6. The minimum Gasteiger partial charge on any atom is -0.385 e. The normalized spacial score (nSPS) is 28.8. The van der Waals surface area contributed by atoms with E-state index >= 15 is 0 Å². The van der Waals surface area contributed by atoms with E-state index in [9.17, 15) is 0 Å². The van der Waals surface area contributed by atoms with Crippen molar-refractivity contribution in [2.75, 3.05) is 26.9 Å². The average molecular weight is 257 g/mol. The highest BCUT2D eigenvalue weighted by molar-refractivity contribution is 4.89. The first-order valence-corrected chi connectivity index (χ1v) is 7.44. The molecule has 1 N–H and O–H groups in total. The van der Waals surface area contributed by atoms with E-state index in [2.05, 4.69) is 26.1 Å². The van der Waals surface area contributed by atoms with Gasteiger partial charge in [0.1, 0.15) is 0 Å². The summed E-state index contributed by atoms with van der Waals surface area (Å²) in [5.74, 6) is 0.787. The maximum atomic E-state index is 6.25. The van der Waals surface area contributed by atoms with E-state index in [-0.39, 0.29) is 5.60 Å². The molecule has 0 amide bonds. The van der Waals surface area contributed by atoms with Crippen LogP contribution in [0.25, 0.3) is 0 Å². The summed E-state index contributed by atoms with van der Waals surface area (Å²) in [5, 5.41) is 3.56. The smallest absolute Gasteiger partial charge is 0.0808 e. The molecule has 0 heterocycles. The molecule has 1 rings (SSSR count). The molecule has 0 aliphatic heterocycles. The van der Waals surface area contributed by atoms with Crippen LogP contribution in [0, 0.1) is 5.92 Å². The van der Waals surface area contributed by atoms with Gasteiger partial charge in [-0.05, 0) is 25.2 Å². The van der Waals surface area contributed by atoms with Crippen LogP contribution in [0.4, 0.5) is 0 Å². The zero-order valence-electron chi connectivity index (χ0n) is 12.6. The van der Waals surface area contributed by atoms with Crippen LogP contribution in [0.5, 0.6) is 0 Å². The van der Waals surface area contributed by atoms with E-state index in [1.165, 1.54) is 25.7 Å². The molecule has 108 valence electrons. The highest BCUT2D eigenvalue weighted by atomic mass is 16.5. The van der Waals surface area contributed by atoms with Crippen LogP contribution >= 0.6 is 0 Å². The lowest BCUT2D eigenvalue weighted by molar-refractivity contribution is -0.0839. The number of hydrogen-bond acceptors (Lipinski definition) is 3. The van der Waals surface area contributed by atoms with E-state index in [1.807, 2.05) is 0 Å². The number of ether oxygens (including phenoxy) is 2. The third-order valence-electron chi connectivity index (χ3n) is 3.78. The van der Waals surface area contributed by atoms with Crippen molar-refractivity contribution in [3.63, 3.8) is 0 Å². The van der Waals surface area contributed by atoms with Gasteiger partial charge in [0.05, 0.1) is 5.60 Å². The summed E-state index contributed by atoms with van der Waals surface area (Å²) in [6, 6.07) is 0.529. The molecule has 1 aliphatic rings. The Morgan fingerprint density at radius 1 is 1.33 bits per heavy atom. The zero-order chi connectivity index (χ0) is 13.4. The number of rotatable bonds is 8. The first-order chi connectivity index (χ1) is 8.58. The molecule has 0 aromatic rings. The lowest BCUT2D eigenvalue weighted by Crippen LogP contribution is -2.48. The Kier molecular flexibility index (Phi) is 7.20. The Morgan fingerprint density at radius 3 is 2.72 bits per heavy atom. The fourth-order valence-corrected chi connectivity index (χ4v) is 2.84. The predicted octanol–water partition coefficient (Wildman–Crippen LogP) is 2.99. The number of nitrogens with one attached hydrogen (secondary N) is 1. The van der Waals surface area contributed by atoms with E-state index < -0.39 is 0 Å². The largest absolute Gasteiger partial charge is 0.385 e. The Balaban J connectivity index is 2.44. The van der Waals surface area contributed by atoms with Gasteiger partial charge in [-0.15, -0.1) is 0 Å². The molecule has 3 nitrogen and oxygen atoms in total. The van der Waals surface area contributed by atoms with Crippen LogP contribution in [0.15, 0.2) is 0 Å². The molecule has 0 bridgehead atoms. The third-order valence-corrected chi connectivity index (χ3v) is 3.78. The standard InChI is InChI=1S/C15H31NO2/c1-13(2)16-12-15(18-10-6-9-17-4)8-5-7-14(3)11-15/h13-14,16H,5-12H2,1-4H3. The molecule has 0 aromatic carbocycles.